The first-order valence-electron chi connectivity index (χ1n) is 7.77. The van der Waals surface area contributed by atoms with E-state index in [2.05, 4.69) is 15.1 Å². The van der Waals surface area contributed by atoms with Gasteiger partial charge in [0.1, 0.15) is 18.1 Å². The first kappa shape index (κ1) is 16.3. The van der Waals surface area contributed by atoms with E-state index in [-0.39, 0.29) is 24.4 Å². The lowest BCUT2D eigenvalue weighted by molar-refractivity contribution is -0.144. The SMILES string of the molecule is O=C(Cc1noc2ccccc12)OCc1nc2ccc(Cl)cc2c(=O)[nH]1. The monoisotopic (exact) mass is 369 g/mol. The summed E-state index contributed by atoms with van der Waals surface area (Å²) < 4.78 is 10.4. The molecule has 1 N–H and O–H groups in total. The van der Waals surface area contributed by atoms with Gasteiger partial charge in [0.25, 0.3) is 5.56 Å². The Hall–Kier alpha value is -3.19. The van der Waals surface area contributed by atoms with Crippen molar-refractivity contribution in [1.29, 1.82) is 0 Å². The van der Waals surface area contributed by atoms with Gasteiger partial charge in [-0.1, -0.05) is 28.9 Å². The standard InChI is InChI=1S/C18H12ClN3O4/c19-10-5-6-13-12(7-10)18(24)21-16(20-13)9-25-17(23)8-14-11-3-1-2-4-15(11)26-22-14/h1-7H,8-9H2,(H,20,21,24). The molecule has 0 saturated carbocycles. The topological polar surface area (TPSA) is 98.1 Å². The number of fused-ring (bicyclic) bond motifs is 2. The van der Waals surface area contributed by atoms with Crippen molar-refractivity contribution in [3.05, 3.63) is 69.4 Å². The first-order valence-corrected chi connectivity index (χ1v) is 8.15. The molecule has 0 aliphatic heterocycles. The number of hydrogen-bond acceptors (Lipinski definition) is 6. The van der Waals surface area contributed by atoms with E-state index in [1.165, 1.54) is 6.07 Å². The molecular weight excluding hydrogens is 358 g/mol. The average molecular weight is 370 g/mol. The van der Waals surface area contributed by atoms with Crippen LogP contribution in [-0.2, 0) is 22.6 Å². The number of aromatic amines is 1. The number of para-hydroxylation sites is 1. The van der Waals surface area contributed by atoms with Crippen molar-refractivity contribution in [3.8, 4) is 0 Å². The Bertz CT molecular complexity index is 1180. The zero-order valence-corrected chi connectivity index (χ0v) is 14.1. The molecule has 0 amide bonds. The van der Waals surface area contributed by atoms with Crippen LogP contribution in [0.5, 0.6) is 0 Å². The first-order chi connectivity index (χ1) is 12.6. The normalized spacial score (nSPS) is 11.1. The molecule has 0 aliphatic carbocycles. The van der Waals surface area contributed by atoms with Crippen molar-refractivity contribution < 1.29 is 14.1 Å². The number of esters is 1. The third-order valence-electron chi connectivity index (χ3n) is 3.85. The minimum absolute atomic E-state index is 0.0373. The maximum Gasteiger partial charge on any atom is 0.312 e. The van der Waals surface area contributed by atoms with Crippen LogP contribution < -0.4 is 5.56 Å². The van der Waals surface area contributed by atoms with Gasteiger partial charge in [-0.05, 0) is 30.3 Å². The number of nitrogens with one attached hydrogen (secondary N) is 1. The maximum absolute atomic E-state index is 12.1. The molecule has 2 heterocycles. The predicted molar refractivity (Wildman–Crippen MR) is 94.9 cm³/mol. The lowest BCUT2D eigenvalue weighted by Gasteiger charge is -2.05. The highest BCUT2D eigenvalue weighted by atomic mass is 35.5. The van der Waals surface area contributed by atoms with Crippen LogP contribution in [0.1, 0.15) is 11.5 Å². The third-order valence-corrected chi connectivity index (χ3v) is 4.09. The van der Waals surface area contributed by atoms with Crippen LogP contribution >= 0.6 is 11.6 Å². The molecule has 4 rings (SSSR count). The highest BCUT2D eigenvalue weighted by Crippen LogP contribution is 2.18. The molecule has 0 spiro atoms. The molecule has 8 heteroatoms. The molecule has 7 nitrogen and oxygen atoms in total. The van der Waals surface area contributed by atoms with E-state index in [1.54, 1.807) is 18.2 Å². The summed E-state index contributed by atoms with van der Waals surface area (Å²) in [5.74, 6) is -0.244. The van der Waals surface area contributed by atoms with Crippen LogP contribution in [0.2, 0.25) is 5.02 Å². The largest absolute Gasteiger partial charge is 0.457 e. The minimum atomic E-state index is -0.497. The van der Waals surface area contributed by atoms with Gasteiger partial charge in [0.15, 0.2) is 5.58 Å². The van der Waals surface area contributed by atoms with E-state index in [9.17, 15) is 9.59 Å². The molecule has 0 aliphatic rings. The number of aromatic nitrogens is 3. The van der Waals surface area contributed by atoms with Crippen LogP contribution in [0.4, 0.5) is 0 Å². The van der Waals surface area contributed by atoms with E-state index >= 15 is 0 Å². The highest BCUT2D eigenvalue weighted by molar-refractivity contribution is 6.31. The highest BCUT2D eigenvalue weighted by Gasteiger charge is 2.14. The molecule has 2 aromatic heterocycles. The molecule has 4 aromatic rings. The number of ether oxygens (including phenoxy) is 1. The van der Waals surface area contributed by atoms with E-state index in [4.69, 9.17) is 20.9 Å². The lowest BCUT2D eigenvalue weighted by atomic mass is 10.2. The smallest absolute Gasteiger partial charge is 0.312 e. The second-order valence-electron chi connectivity index (χ2n) is 5.64. The van der Waals surface area contributed by atoms with Crippen LogP contribution in [0.25, 0.3) is 21.9 Å². The van der Waals surface area contributed by atoms with E-state index < -0.39 is 5.97 Å². The van der Waals surface area contributed by atoms with Crippen LogP contribution in [0.15, 0.2) is 51.8 Å². The zero-order valence-electron chi connectivity index (χ0n) is 13.4. The molecule has 0 saturated heterocycles. The van der Waals surface area contributed by atoms with Gasteiger partial charge in [0.2, 0.25) is 0 Å². The van der Waals surface area contributed by atoms with Crippen molar-refractivity contribution in [1.82, 2.24) is 15.1 Å². The Morgan fingerprint density at radius 1 is 1.19 bits per heavy atom. The Morgan fingerprint density at radius 3 is 2.92 bits per heavy atom. The third kappa shape index (κ3) is 3.16. The number of nitrogens with zero attached hydrogens (tertiary/aromatic N) is 2. The molecule has 0 bridgehead atoms. The number of carbonyl (C=O) groups excluding carboxylic acids is 1. The van der Waals surface area contributed by atoms with Crippen LogP contribution in [-0.4, -0.2) is 21.1 Å². The van der Waals surface area contributed by atoms with Gasteiger partial charge in [0, 0.05) is 10.4 Å². The number of benzene rings is 2. The van der Waals surface area contributed by atoms with E-state index in [0.29, 0.717) is 27.2 Å². The number of carbonyl (C=O) groups is 1. The molecular formula is C18H12ClN3O4. The number of hydrogen-bond donors (Lipinski definition) is 1. The van der Waals surface area contributed by atoms with Crippen molar-refractivity contribution in [2.75, 3.05) is 0 Å². The zero-order chi connectivity index (χ0) is 18.1. The molecule has 0 fully saturated rings. The summed E-state index contributed by atoms with van der Waals surface area (Å²) in [6.07, 6.45) is -0.0373. The van der Waals surface area contributed by atoms with E-state index in [1.807, 2.05) is 18.2 Å². The van der Waals surface area contributed by atoms with Gasteiger partial charge >= 0.3 is 5.97 Å². The second kappa shape index (κ2) is 6.61. The minimum Gasteiger partial charge on any atom is -0.457 e. The fraction of sp³-hybridized carbons (Fsp3) is 0.111. The average Bonchev–Trinajstić information content (AvgIpc) is 3.04. The summed E-state index contributed by atoms with van der Waals surface area (Å²) in [5, 5.41) is 5.48. The molecule has 0 unspecified atom stereocenters. The summed E-state index contributed by atoms with van der Waals surface area (Å²) in [5.41, 5.74) is 1.24. The van der Waals surface area contributed by atoms with Crippen molar-refractivity contribution in [2.24, 2.45) is 0 Å². The summed E-state index contributed by atoms with van der Waals surface area (Å²) in [6.45, 7) is -0.150. The number of rotatable bonds is 4. The molecule has 0 atom stereocenters. The fourth-order valence-corrected chi connectivity index (χ4v) is 2.80. The Balaban J connectivity index is 1.48. The van der Waals surface area contributed by atoms with Crippen LogP contribution in [0.3, 0.4) is 0 Å². The molecule has 130 valence electrons. The van der Waals surface area contributed by atoms with Crippen LogP contribution in [0, 0.1) is 0 Å². The van der Waals surface area contributed by atoms with Gasteiger partial charge in [-0.3, -0.25) is 9.59 Å². The summed E-state index contributed by atoms with van der Waals surface area (Å²) in [4.78, 5) is 31.0. The van der Waals surface area contributed by atoms with Gasteiger partial charge < -0.3 is 14.2 Å². The number of halogens is 1. The molecule has 26 heavy (non-hydrogen) atoms. The summed E-state index contributed by atoms with van der Waals surface area (Å²) in [7, 11) is 0. The predicted octanol–water partition coefficient (Wildman–Crippen LogP) is 3.00. The number of H-pyrrole nitrogens is 1. The second-order valence-corrected chi connectivity index (χ2v) is 6.07. The fourth-order valence-electron chi connectivity index (χ4n) is 2.63. The maximum atomic E-state index is 12.1. The summed E-state index contributed by atoms with van der Waals surface area (Å²) in [6, 6.07) is 12.1. The summed E-state index contributed by atoms with van der Waals surface area (Å²) >= 11 is 5.88. The van der Waals surface area contributed by atoms with Crippen molar-refractivity contribution in [2.45, 2.75) is 13.0 Å². The molecule has 0 radical (unpaired) electrons. The Morgan fingerprint density at radius 2 is 2.04 bits per heavy atom. The van der Waals surface area contributed by atoms with Gasteiger partial charge in [-0.25, -0.2) is 4.98 Å². The van der Waals surface area contributed by atoms with Crippen molar-refractivity contribution >= 4 is 39.4 Å². The Labute approximate surface area is 151 Å². The van der Waals surface area contributed by atoms with Gasteiger partial charge in [-0.2, -0.15) is 0 Å². The molecule has 2 aromatic carbocycles. The Kier molecular flexibility index (Phi) is 4.14. The van der Waals surface area contributed by atoms with Gasteiger partial charge in [-0.15, -0.1) is 0 Å². The van der Waals surface area contributed by atoms with Gasteiger partial charge in [0.05, 0.1) is 17.3 Å². The van der Waals surface area contributed by atoms with E-state index in [0.717, 1.165) is 5.39 Å². The quantitative estimate of drug-likeness (QED) is 0.555. The van der Waals surface area contributed by atoms with Crippen molar-refractivity contribution in [3.63, 3.8) is 0 Å². The lowest BCUT2D eigenvalue weighted by Crippen LogP contribution is -2.15.